The maximum atomic E-state index is 12.6. The molecule has 0 saturated heterocycles. The Kier molecular flexibility index (Phi) is 11.6. The van der Waals surface area contributed by atoms with Gasteiger partial charge in [0.05, 0.1) is 17.7 Å². The summed E-state index contributed by atoms with van der Waals surface area (Å²) in [5, 5.41) is 0. The highest BCUT2D eigenvalue weighted by Crippen LogP contribution is 2.22. The molecule has 0 amide bonds. The molecule has 0 heterocycles. The molecule has 224 valence electrons. The molecule has 43 heavy (non-hydrogen) atoms. The van der Waals surface area contributed by atoms with Crippen LogP contribution in [-0.4, -0.2) is 44.1 Å². The summed E-state index contributed by atoms with van der Waals surface area (Å²) < 4.78 is 31.3. The lowest BCUT2D eigenvalue weighted by atomic mass is 10.1. The average molecular weight is 589 g/mol. The predicted molar refractivity (Wildman–Crippen MR) is 156 cm³/mol. The third-order valence-electron chi connectivity index (χ3n) is 5.77. The minimum atomic E-state index is -0.557. The van der Waals surface area contributed by atoms with E-state index in [0.717, 1.165) is 11.1 Å². The van der Waals surface area contributed by atoms with E-state index in [1.165, 1.54) is 13.8 Å². The highest BCUT2D eigenvalue weighted by Gasteiger charge is 2.13. The molecule has 0 aliphatic carbocycles. The van der Waals surface area contributed by atoms with E-state index in [2.05, 4.69) is 13.2 Å². The van der Waals surface area contributed by atoms with E-state index in [1.54, 1.807) is 60.7 Å². The lowest BCUT2D eigenvalue weighted by molar-refractivity contribution is -0.146. The van der Waals surface area contributed by atoms with Gasteiger partial charge < -0.3 is 28.4 Å². The number of aryl methyl sites for hydroxylation is 1. The van der Waals surface area contributed by atoms with Crippen molar-refractivity contribution in [2.45, 2.75) is 27.2 Å². The van der Waals surface area contributed by atoms with Gasteiger partial charge in [-0.2, -0.15) is 0 Å². The zero-order valence-corrected chi connectivity index (χ0v) is 24.2. The minimum Gasteiger partial charge on any atom is -0.462 e. The summed E-state index contributed by atoms with van der Waals surface area (Å²) in [4.78, 5) is 47.8. The van der Waals surface area contributed by atoms with Crippen molar-refractivity contribution in [3.8, 4) is 17.2 Å². The summed E-state index contributed by atoms with van der Waals surface area (Å²) in [6.45, 7) is 11.5. The molecule has 0 aliphatic rings. The fourth-order valence-corrected chi connectivity index (χ4v) is 3.41. The van der Waals surface area contributed by atoms with Gasteiger partial charge in [0.2, 0.25) is 13.6 Å². The van der Waals surface area contributed by atoms with Crippen LogP contribution < -0.4 is 14.2 Å². The monoisotopic (exact) mass is 588 g/mol. The van der Waals surface area contributed by atoms with E-state index in [-0.39, 0.29) is 31.3 Å². The summed E-state index contributed by atoms with van der Waals surface area (Å²) in [6, 6.07) is 17.8. The molecule has 0 bridgehead atoms. The van der Waals surface area contributed by atoms with Crippen LogP contribution in [-0.2, 0) is 30.2 Å². The Morgan fingerprint density at radius 3 is 1.60 bits per heavy atom. The van der Waals surface area contributed by atoms with Crippen LogP contribution >= 0.6 is 0 Å². The quantitative estimate of drug-likeness (QED) is 0.0781. The summed E-state index contributed by atoms with van der Waals surface area (Å²) in [5.74, 6) is -0.916. The van der Waals surface area contributed by atoms with Gasteiger partial charge in [0.15, 0.2) is 0 Å². The molecule has 0 N–H and O–H groups in total. The van der Waals surface area contributed by atoms with Crippen molar-refractivity contribution in [3.63, 3.8) is 0 Å². The molecule has 0 fully saturated rings. The van der Waals surface area contributed by atoms with Gasteiger partial charge in [-0.15, -0.1) is 0 Å². The normalized spacial score (nSPS) is 10.2. The third kappa shape index (κ3) is 10.2. The lowest BCUT2D eigenvalue weighted by Gasteiger charge is -2.11. The van der Waals surface area contributed by atoms with Crippen molar-refractivity contribution in [1.82, 2.24) is 0 Å². The Balaban J connectivity index is 1.43. The maximum absolute atomic E-state index is 12.6. The summed E-state index contributed by atoms with van der Waals surface area (Å²) in [7, 11) is 0. The first-order chi connectivity index (χ1) is 20.5. The van der Waals surface area contributed by atoms with Crippen LogP contribution in [0, 0.1) is 6.92 Å². The molecule has 0 spiro atoms. The topological polar surface area (TPSA) is 124 Å². The molecular weight excluding hydrogens is 556 g/mol. The van der Waals surface area contributed by atoms with Gasteiger partial charge in [0.1, 0.15) is 17.2 Å². The van der Waals surface area contributed by atoms with Gasteiger partial charge in [-0.3, -0.25) is 0 Å². The summed E-state index contributed by atoms with van der Waals surface area (Å²) in [5.41, 5.74) is 2.82. The fraction of sp³-hybridized carbons (Fsp3) is 0.212. The van der Waals surface area contributed by atoms with Gasteiger partial charge in [-0.1, -0.05) is 25.3 Å². The second kappa shape index (κ2) is 15.6. The third-order valence-corrected chi connectivity index (χ3v) is 5.77. The van der Waals surface area contributed by atoms with Gasteiger partial charge in [-0.05, 0) is 86.5 Å². The highest BCUT2D eigenvalue weighted by molar-refractivity contribution is 5.91. The molecule has 0 aromatic heterocycles. The van der Waals surface area contributed by atoms with Crippen LogP contribution in [0.5, 0.6) is 17.2 Å². The minimum absolute atomic E-state index is 0.146. The SMILES string of the molecule is C=C(C)C(=O)OCOc1ccc(C(=O)OCCc2ccc(OC(=O)c3ccc(OCOC(=O)C(=C)C)cc3)c(C)c2)cc1. The number of carbonyl (C=O) groups is 4. The molecule has 10 heteroatoms. The molecule has 0 saturated carbocycles. The van der Waals surface area contributed by atoms with Crippen molar-refractivity contribution < 1.29 is 47.6 Å². The van der Waals surface area contributed by atoms with Crippen LogP contribution in [0.3, 0.4) is 0 Å². The molecule has 3 aromatic rings. The van der Waals surface area contributed by atoms with E-state index in [1.807, 2.05) is 13.0 Å². The van der Waals surface area contributed by atoms with E-state index in [4.69, 9.17) is 28.4 Å². The van der Waals surface area contributed by atoms with Gasteiger partial charge in [0, 0.05) is 17.6 Å². The van der Waals surface area contributed by atoms with Crippen molar-refractivity contribution >= 4 is 23.9 Å². The van der Waals surface area contributed by atoms with E-state index >= 15 is 0 Å². The number of esters is 4. The first kappa shape index (κ1) is 32.1. The van der Waals surface area contributed by atoms with Crippen LogP contribution in [0.1, 0.15) is 45.7 Å². The lowest BCUT2D eigenvalue weighted by Crippen LogP contribution is -2.11. The standard InChI is InChI=1S/C33H32O10/c1-21(2)30(34)41-19-39-27-11-7-25(8-12-27)32(36)38-17-16-24-6-15-29(23(5)18-24)43-33(37)26-9-13-28(14-10-26)40-20-42-31(35)22(3)4/h6-15,18H,1,3,16-17,19-20H2,2,4-5H3. The number of carbonyl (C=O) groups excluding carboxylic acids is 4. The van der Waals surface area contributed by atoms with Crippen LogP contribution in [0.25, 0.3) is 0 Å². The van der Waals surface area contributed by atoms with E-state index in [9.17, 15) is 19.2 Å². The van der Waals surface area contributed by atoms with Crippen LogP contribution in [0.4, 0.5) is 0 Å². The smallest absolute Gasteiger partial charge is 0.343 e. The number of benzene rings is 3. The average Bonchev–Trinajstić information content (AvgIpc) is 2.98. The fourth-order valence-electron chi connectivity index (χ4n) is 3.41. The van der Waals surface area contributed by atoms with E-state index in [0.29, 0.717) is 34.8 Å². The number of hydrogen-bond donors (Lipinski definition) is 0. The first-order valence-corrected chi connectivity index (χ1v) is 13.1. The molecule has 0 atom stereocenters. The number of rotatable bonds is 14. The predicted octanol–water partition coefficient (Wildman–Crippen LogP) is 5.52. The zero-order valence-electron chi connectivity index (χ0n) is 24.2. The van der Waals surface area contributed by atoms with Crippen molar-refractivity contribution in [3.05, 3.63) is 113 Å². The number of ether oxygens (including phenoxy) is 6. The second-order valence-corrected chi connectivity index (χ2v) is 9.37. The van der Waals surface area contributed by atoms with Gasteiger partial charge in [-0.25, -0.2) is 19.2 Å². The Hall–Kier alpha value is -5.38. The van der Waals surface area contributed by atoms with Crippen LogP contribution in [0.2, 0.25) is 0 Å². The van der Waals surface area contributed by atoms with Gasteiger partial charge in [0.25, 0.3) is 0 Å². The Labute approximate surface area is 249 Å². The summed E-state index contributed by atoms with van der Waals surface area (Å²) in [6.07, 6.45) is 0.458. The molecule has 0 aliphatic heterocycles. The van der Waals surface area contributed by atoms with Crippen LogP contribution in [0.15, 0.2) is 91.0 Å². The molecule has 0 unspecified atom stereocenters. The second-order valence-electron chi connectivity index (χ2n) is 9.37. The van der Waals surface area contributed by atoms with Gasteiger partial charge >= 0.3 is 23.9 Å². The molecule has 3 aromatic carbocycles. The molecular formula is C33H32O10. The maximum Gasteiger partial charge on any atom is 0.343 e. The Bertz CT molecular complexity index is 1490. The Morgan fingerprint density at radius 1 is 0.651 bits per heavy atom. The highest BCUT2D eigenvalue weighted by atomic mass is 16.7. The van der Waals surface area contributed by atoms with E-state index < -0.39 is 23.9 Å². The largest absolute Gasteiger partial charge is 0.462 e. The van der Waals surface area contributed by atoms with Crippen molar-refractivity contribution in [2.24, 2.45) is 0 Å². The number of hydrogen-bond acceptors (Lipinski definition) is 10. The molecule has 10 nitrogen and oxygen atoms in total. The van der Waals surface area contributed by atoms with Crippen molar-refractivity contribution in [1.29, 1.82) is 0 Å². The Morgan fingerprint density at radius 2 is 1.14 bits per heavy atom. The zero-order chi connectivity index (χ0) is 31.4. The molecule has 0 radical (unpaired) electrons. The first-order valence-electron chi connectivity index (χ1n) is 13.1. The molecule has 3 rings (SSSR count). The summed E-state index contributed by atoms with van der Waals surface area (Å²) >= 11 is 0. The van der Waals surface area contributed by atoms with Crippen molar-refractivity contribution in [2.75, 3.05) is 20.2 Å².